The highest BCUT2D eigenvalue weighted by molar-refractivity contribution is 5.79. The molecule has 0 aromatic carbocycles. The number of aromatic nitrogens is 1. The first-order chi connectivity index (χ1) is 12.6. The van der Waals surface area contributed by atoms with Crippen molar-refractivity contribution >= 4 is 11.8 Å². The quantitative estimate of drug-likeness (QED) is 0.739. The van der Waals surface area contributed by atoms with E-state index in [-0.39, 0.29) is 30.4 Å². The van der Waals surface area contributed by atoms with Crippen LogP contribution in [0.3, 0.4) is 0 Å². The van der Waals surface area contributed by atoms with E-state index < -0.39 is 0 Å². The molecule has 0 spiro atoms. The number of pyridine rings is 1. The number of likely N-dealkylation sites (tertiary alicyclic amines) is 1. The summed E-state index contributed by atoms with van der Waals surface area (Å²) in [7, 11) is 0. The van der Waals surface area contributed by atoms with Crippen molar-refractivity contribution in [3.05, 3.63) is 30.1 Å². The molecule has 6 nitrogen and oxygen atoms in total. The average molecular weight is 361 g/mol. The van der Waals surface area contributed by atoms with Crippen molar-refractivity contribution in [1.82, 2.24) is 15.2 Å². The van der Waals surface area contributed by atoms with E-state index in [1.165, 1.54) is 0 Å². The van der Waals surface area contributed by atoms with Crippen LogP contribution in [0.4, 0.5) is 0 Å². The number of nitrogens with zero attached hydrogens (tertiary/aromatic N) is 2. The maximum absolute atomic E-state index is 12.5. The van der Waals surface area contributed by atoms with E-state index >= 15 is 0 Å². The molecule has 1 aliphatic rings. The fourth-order valence-electron chi connectivity index (χ4n) is 3.53. The summed E-state index contributed by atoms with van der Waals surface area (Å²) in [6, 6.07) is 3.64. The molecule has 2 heterocycles. The Kier molecular flexibility index (Phi) is 8.04. The average Bonchev–Trinajstić information content (AvgIpc) is 2.67. The van der Waals surface area contributed by atoms with Crippen molar-refractivity contribution in [3.63, 3.8) is 0 Å². The smallest absolute Gasteiger partial charge is 0.227 e. The molecule has 1 saturated heterocycles. The lowest BCUT2D eigenvalue weighted by molar-refractivity contribution is -0.133. The van der Waals surface area contributed by atoms with Gasteiger partial charge in [-0.1, -0.05) is 32.8 Å². The van der Waals surface area contributed by atoms with Gasteiger partial charge in [0.15, 0.2) is 0 Å². The number of carbonyl (C=O) groups excluding carboxylic acids is 2. The Morgan fingerprint density at radius 2 is 2.15 bits per heavy atom. The van der Waals surface area contributed by atoms with E-state index in [0.29, 0.717) is 38.3 Å². The number of rotatable bonds is 8. The molecule has 0 saturated carbocycles. The van der Waals surface area contributed by atoms with Gasteiger partial charge < -0.3 is 15.3 Å². The van der Waals surface area contributed by atoms with Crippen molar-refractivity contribution in [2.75, 3.05) is 19.7 Å². The molecule has 2 N–H and O–H groups in total. The first-order valence-electron chi connectivity index (χ1n) is 9.64. The third-order valence-corrected chi connectivity index (χ3v) is 5.37. The van der Waals surface area contributed by atoms with Gasteiger partial charge in [0.1, 0.15) is 0 Å². The van der Waals surface area contributed by atoms with E-state index in [1.54, 1.807) is 17.3 Å². The van der Waals surface area contributed by atoms with Crippen LogP contribution in [0, 0.1) is 11.8 Å². The molecule has 144 valence electrons. The van der Waals surface area contributed by atoms with Gasteiger partial charge in [-0.05, 0) is 24.0 Å². The summed E-state index contributed by atoms with van der Waals surface area (Å²) in [5.41, 5.74) is 0.888. The summed E-state index contributed by atoms with van der Waals surface area (Å²) in [5, 5.41) is 12.8. The molecule has 6 heteroatoms. The van der Waals surface area contributed by atoms with E-state index in [4.69, 9.17) is 0 Å². The first kappa shape index (κ1) is 20.4. The zero-order valence-electron chi connectivity index (χ0n) is 15.9. The number of hydrogen-bond donors (Lipinski definition) is 2. The summed E-state index contributed by atoms with van der Waals surface area (Å²) in [4.78, 5) is 30.6. The zero-order chi connectivity index (χ0) is 18.9. The molecule has 2 rings (SSSR count). The van der Waals surface area contributed by atoms with Gasteiger partial charge >= 0.3 is 0 Å². The Morgan fingerprint density at radius 1 is 1.38 bits per heavy atom. The van der Waals surface area contributed by atoms with Crippen molar-refractivity contribution in [1.29, 1.82) is 0 Å². The Bertz CT molecular complexity index is 575. The highest BCUT2D eigenvalue weighted by Gasteiger charge is 2.32. The van der Waals surface area contributed by atoms with E-state index in [2.05, 4.69) is 24.1 Å². The van der Waals surface area contributed by atoms with Crippen LogP contribution in [-0.4, -0.2) is 52.5 Å². The highest BCUT2D eigenvalue weighted by Crippen LogP contribution is 2.19. The number of carbonyl (C=O) groups is 2. The number of hydrogen-bond acceptors (Lipinski definition) is 4. The van der Waals surface area contributed by atoms with Crippen molar-refractivity contribution in [2.45, 2.75) is 52.0 Å². The number of amides is 2. The van der Waals surface area contributed by atoms with Crippen LogP contribution in [0.1, 0.15) is 45.1 Å². The number of piperidine rings is 1. The molecule has 2 amide bonds. The van der Waals surface area contributed by atoms with Gasteiger partial charge in [0, 0.05) is 50.5 Å². The molecule has 1 aromatic heterocycles. The van der Waals surface area contributed by atoms with Crippen LogP contribution in [0.2, 0.25) is 0 Å². The predicted octanol–water partition coefficient (Wildman–Crippen LogP) is 1.78. The topological polar surface area (TPSA) is 82.5 Å². The molecule has 0 bridgehead atoms. The molecule has 1 aliphatic heterocycles. The molecule has 1 fully saturated rings. The molecule has 2 atom stereocenters. The largest absolute Gasteiger partial charge is 0.396 e. The summed E-state index contributed by atoms with van der Waals surface area (Å²) >= 11 is 0. The fraction of sp³-hybridized carbons (Fsp3) is 0.650. The minimum atomic E-state index is -0.118. The van der Waals surface area contributed by atoms with Gasteiger partial charge in [0.2, 0.25) is 11.8 Å². The fourth-order valence-corrected chi connectivity index (χ4v) is 3.53. The van der Waals surface area contributed by atoms with Crippen LogP contribution in [0.25, 0.3) is 0 Å². The molecule has 0 radical (unpaired) electrons. The monoisotopic (exact) mass is 361 g/mol. The minimum absolute atomic E-state index is 0.0351. The second-order valence-corrected chi connectivity index (χ2v) is 7.17. The SMILES string of the molecule is CCC(CC)CC(=O)NC1CCN(C(=O)Cc2cccnc2)CC1CO. The van der Waals surface area contributed by atoms with Gasteiger partial charge in [0.25, 0.3) is 0 Å². The molecular formula is C20H31N3O3. The van der Waals surface area contributed by atoms with Gasteiger partial charge in [-0.15, -0.1) is 0 Å². The molecule has 0 aliphatic carbocycles. The molecule has 1 aromatic rings. The van der Waals surface area contributed by atoms with Crippen LogP contribution < -0.4 is 5.32 Å². The van der Waals surface area contributed by atoms with Crippen molar-refractivity contribution in [2.24, 2.45) is 11.8 Å². The van der Waals surface area contributed by atoms with Crippen LogP contribution in [0.5, 0.6) is 0 Å². The number of aliphatic hydroxyl groups excluding tert-OH is 1. The number of aliphatic hydroxyl groups is 1. The summed E-state index contributed by atoms with van der Waals surface area (Å²) in [5.74, 6) is 0.381. The minimum Gasteiger partial charge on any atom is -0.396 e. The zero-order valence-corrected chi connectivity index (χ0v) is 15.9. The van der Waals surface area contributed by atoms with Gasteiger partial charge in [-0.25, -0.2) is 0 Å². The van der Waals surface area contributed by atoms with Gasteiger partial charge in [-0.3, -0.25) is 14.6 Å². The first-order valence-corrected chi connectivity index (χ1v) is 9.64. The Labute approximate surface area is 156 Å². The lowest BCUT2D eigenvalue weighted by atomic mass is 9.91. The van der Waals surface area contributed by atoms with E-state index in [1.807, 2.05) is 12.1 Å². The standard InChI is InChI=1S/C20H31N3O3/c1-3-15(4-2)10-19(25)22-18-7-9-23(13-17(18)14-24)20(26)11-16-6-5-8-21-12-16/h5-6,8,12,15,17-18,24H,3-4,7,9-11,13-14H2,1-2H3,(H,22,25). The lowest BCUT2D eigenvalue weighted by Gasteiger charge is -2.38. The Hall–Kier alpha value is -1.95. The summed E-state index contributed by atoms with van der Waals surface area (Å²) in [6.45, 7) is 5.25. The number of nitrogens with one attached hydrogen (secondary N) is 1. The second-order valence-electron chi connectivity index (χ2n) is 7.17. The van der Waals surface area contributed by atoms with E-state index in [9.17, 15) is 14.7 Å². The normalized spacial score (nSPS) is 20.2. The second kappa shape index (κ2) is 10.3. The molecule has 26 heavy (non-hydrogen) atoms. The van der Waals surface area contributed by atoms with Crippen LogP contribution in [0.15, 0.2) is 24.5 Å². The Morgan fingerprint density at radius 3 is 2.77 bits per heavy atom. The lowest BCUT2D eigenvalue weighted by Crippen LogP contribution is -2.54. The highest BCUT2D eigenvalue weighted by atomic mass is 16.3. The van der Waals surface area contributed by atoms with Crippen molar-refractivity contribution in [3.8, 4) is 0 Å². The van der Waals surface area contributed by atoms with Crippen molar-refractivity contribution < 1.29 is 14.7 Å². The third kappa shape index (κ3) is 5.80. The van der Waals surface area contributed by atoms with Crippen LogP contribution in [-0.2, 0) is 16.0 Å². The Balaban J connectivity index is 1.87. The third-order valence-electron chi connectivity index (χ3n) is 5.37. The predicted molar refractivity (Wildman–Crippen MR) is 100 cm³/mol. The molecular weight excluding hydrogens is 330 g/mol. The van der Waals surface area contributed by atoms with E-state index in [0.717, 1.165) is 18.4 Å². The summed E-state index contributed by atoms with van der Waals surface area (Å²) < 4.78 is 0. The van der Waals surface area contributed by atoms with Gasteiger partial charge in [0.05, 0.1) is 6.42 Å². The maximum atomic E-state index is 12.5. The molecule has 2 unspecified atom stereocenters. The maximum Gasteiger partial charge on any atom is 0.227 e. The summed E-state index contributed by atoms with van der Waals surface area (Å²) in [6.07, 6.45) is 6.91. The van der Waals surface area contributed by atoms with Gasteiger partial charge in [-0.2, -0.15) is 0 Å². The van der Waals surface area contributed by atoms with Crippen LogP contribution >= 0.6 is 0 Å².